The van der Waals surface area contributed by atoms with Crippen LogP contribution in [0.25, 0.3) is 0 Å². The van der Waals surface area contributed by atoms with Crippen LogP contribution in [0, 0.1) is 0 Å². The minimum atomic E-state index is -2.37. The van der Waals surface area contributed by atoms with Crippen molar-refractivity contribution in [2.24, 2.45) is 5.73 Å². The summed E-state index contributed by atoms with van der Waals surface area (Å²) in [5, 5.41) is 70.0. The molecule has 17 heteroatoms. The molecule has 1 heterocycles. The van der Waals surface area contributed by atoms with Crippen LogP contribution in [0.4, 0.5) is 0 Å². The molecule has 0 bridgehead atoms. The maximum absolute atomic E-state index is 13.9. The highest BCUT2D eigenvalue weighted by Crippen LogP contribution is 2.52. The maximum atomic E-state index is 13.9. The lowest BCUT2D eigenvalue weighted by molar-refractivity contribution is -0.249. The lowest BCUT2D eigenvalue weighted by atomic mass is 9.72. The van der Waals surface area contributed by atoms with Crippen LogP contribution in [0.3, 0.4) is 0 Å². The molecule has 1 aliphatic heterocycles. The Morgan fingerprint density at radius 3 is 2.38 bits per heavy atom. The van der Waals surface area contributed by atoms with Crippen LogP contribution < -0.4 is 21.1 Å². The number of aromatic hydroxyl groups is 3. The number of benzene rings is 3. The average molecular weight is 764 g/mol. The third kappa shape index (κ3) is 7.37. The van der Waals surface area contributed by atoms with Gasteiger partial charge in [-0.2, -0.15) is 0 Å². The first-order chi connectivity index (χ1) is 26.1. The van der Waals surface area contributed by atoms with E-state index in [4.69, 9.17) is 19.9 Å². The molecule has 2 aliphatic carbocycles. The van der Waals surface area contributed by atoms with Gasteiger partial charge < -0.3 is 61.2 Å². The first-order valence-corrected chi connectivity index (χ1v) is 17.4. The van der Waals surface area contributed by atoms with E-state index in [9.17, 15) is 54.6 Å². The largest absolute Gasteiger partial charge is 0.508 e. The number of methoxy groups -OCH3 is 1. The Labute approximate surface area is 313 Å². The van der Waals surface area contributed by atoms with Crippen LogP contribution in [-0.2, 0) is 36.7 Å². The van der Waals surface area contributed by atoms with Crippen LogP contribution in [0.2, 0.25) is 0 Å². The summed E-state index contributed by atoms with van der Waals surface area (Å²) in [4.78, 5) is 66.1. The van der Waals surface area contributed by atoms with E-state index >= 15 is 0 Å². The molecule has 2 amide bonds. The quantitative estimate of drug-likeness (QED) is 0.0875. The van der Waals surface area contributed by atoms with Crippen LogP contribution in [0.15, 0.2) is 42.5 Å². The van der Waals surface area contributed by atoms with Crippen LogP contribution >= 0.6 is 0 Å². The number of rotatable bonds is 11. The zero-order chi connectivity index (χ0) is 39.9. The number of fused-ring (bicyclic) bond motifs is 3. The molecule has 3 aromatic carbocycles. The fourth-order valence-corrected chi connectivity index (χ4v) is 7.39. The Balaban J connectivity index is 1.24. The summed E-state index contributed by atoms with van der Waals surface area (Å²) in [6, 6.07) is 8.34. The van der Waals surface area contributed by atoms with E-state index in [-0.39, 0.29) is 46.6 Å². The Morgan fingerprint density at radius 1 is 1.02 bits per heavy atom. The molecule has 3 aliphatic rings. The predicted molar refractivity (Wildman–Crippen MR) is 189 cm³/mol. The number of nitrogens with two attached hydrogens (primary N) is 1. The van der Waals surface area contributed by atoms with Crippen molar-refractivity contribution in [2.75, 3.05) is 20.3 Å². The lowest BCUT2D eigenvalue weighted by Crippen LogP contribution is -2.57. The van der Waals surface area contributed by atoms with Crippen molar-refractivity contribution in [3.8, 4) is 23.0 Å². The second kappa shape index (κ2) is 15.4. The molecule has 292 valence electrons. The van der Waals surface area contributed by atoms with Crippen molar-refractivity contribution in [3.05, 3.63) is 81.4 Å². The highest BCUT2D eigenvalue weighted by Gasteiger charge is 2.50. The highest BCUT2D eigenvalue weighted by molar-refractivity contribution is 6.31. The van der Waals surface area contributed by atoms with Crippen LogP contribution in [0.1, 0.15) is 74.4 Å². The number of phenols is 3. The molecule has 17 nitrogen and oxygen atoms in total. The van der Waals surface area contributed by atoms with Gasteiger partial charge in [-0.05, 0) is 37.1 Å². The van der Waals surface area contributed by atoms with E-state index < -0.39 is 120 Å². The number of carbonyl (C=O) groups excluding carboxylic acids is 5. The number of aliphatic hydroxyl groups is 3. The van der Waals surface area contributed by atoms with Gasteiger partial charge in [0.25, 0.3) is 0 Å². The fourth-order valence-electron chi connectivity index (χ4n) is 7.39. The van der Waals surface area contributed by atoms with E-state index in [1.54, 1.807) is 12.1 Å². The molecular weight excluding hydrogens is 722 g/mol. The molecule has 6 rings (SSSR count). The number of hydrogen-bond donors (Lipinski definition) is 9. The molecular formula is C38H41N3O14. The Morgan fingerprint density at radius 2 is 1.71 bits per heavy atom. The second-order valence-electron chi connectivity index (χ2n) is 13.9. The summed E-state index contributed by atoms with van der Waals surface area (Å²) in [7, 11) is 1.29. The number of nitrogens with one attached hydrogen (secondary N) is 2. The highest BCUT2D eigenvalue weighted by atomic mass is 16.7. The molecule has 0 aromatic heterocycles. The monoisotopic (exact) mass is 763 g/mol. The average Bonchev–Trinajstić information content (AvgIpc) is 3.16. The van der Waals surface area contributed by atoms with Crippen molar-refractivity contribution in [3.63, 3.8) is 0 Å². The van der Waals surface area contributed by atoms with Gasteiger partial charge in [0.15, 0.2) is 17.9 Å². The van der Waals surface area contributed by atoms with Crippen LogP contribution in [-0.4, -0.2) is 116 Å². The zero-order valence-corrected chi connectivity index (χ0v) is 29.8. The van der Waals surface area contributed by atoms with Gasteiger partial charge in [-0.1, -0.05) is 24.3 Å². The molecule has 1 fully saturated rings. The SMILES string of the molecule is COc1cccc2c1C(=O)c1c(O)c3c(c(O)c1C2=O)C[C@@](O)(C(=O)CO)C[C@@H]3O[C@H]1C[C@H](NC(=O)CNC(=O)[C@@H](N)Cc2ccc(O)cc2)[C@H](O)[C@H](C)O1. The summed E-state index contributed by atoms with van der Waals surface area (Å²) in [5.41, 5.74) is 2.44. The van der Waals surface area contributed by atoms with Crippen molar-refractivity contribution in [1.29, 1.82) is 0 Å². The van der Waals surface area contributed by atoms with Gasteiger partial charge in [-0.15, -0.1) is 0 Å². The Hall–Kier alpha value is -5.43. The standard InChI is InChI=1S/C38H41N3O14/c1-16-32(46)22(41-26(45)14-40-37(51)21(39)10-17-6-8-18(43)9-7-17)11-27(54-16)55-24-13-38(52,25(44)15-42)12-20-29(24)36(50)31-30(34(20)48)33(47)19-4-3-5-23(53-2)28(19)35(31)49/h3-9,16,21-22,24,27,32,42-43,46,48,50,52H,10-15,39H2,1-2H3,(H,40,51)(H,41,45)/t16-,21-,22-,24-,27-,32+,38-/m0/s1. The van der Waals surface area contributed by atoms with Gasteiger partial charge in [0.2, 0.25) is 17.6 Å². The molecule has 55 heavy (non-hydrogen) atoms. The number of Topliss-reactive ketones (excluding diaryl/α,β-unsaturated/α-hetero) is 1. The van der Waals surface area contributed by atoms with Crippen LogP contribution in [0.5, 0.6) is 23.0 Å². The van der Waals surface area contributed by atoms with Gasteiger partial charge in [-0.3, -0.25) is 24.0 Å². The molecule has 0 unspecified atom stereocenters. The first-order valence-electron chi connectivity index (χ1n) is 17.4. The normalized spacial score (nSPS) is 24.9. The van der Waals surface area contributed by atoms with Crippen molar-refractivity contribution < 1.29 is 68.8 Å². The predicted octanol–water partition coefficient (Wildman–Crippen LogP) is -0.449. The van der Waals surface area contributed by atoms with Crippen molar-refractivity contribution in [1.82, 2.24) is 10.6 Å². The van der Waals surface area contributed by atoms with E-state index in [2.05, 4.69) is 10.6 Å². The van der Waals surface area contributed by atoms with Crippen molar-refractivity contribution in [2.45, 2.75) is 74.9 Å². The summed E-state index contributed by atoms with van der Waals surface area (Å²) in [6.45, 7) is -0.119. The molecule has 0 saturated carbocycles. The van der Waals surface area contributed by atoms with E-state index in [0.717, 1.165) is 0 Å². The molecule has 1 saturated heterocycles. The number of amides is 2. The summed E-state index contributed by atoms with van der Waals surface area (Å²) in [6.07, 6.45) is -6.43. The molecule has 3 aromatic rings. The molecule has 7 atom stereocenters. The number of hydrogen-bond acceptors (Lipinski definition) is 15. The van der Waals surface area contributed by atoms with Gasteiger partial charge in [0.05, 0.1) is 54.6 Å². The van der Waals surface area contributed by atoms with Gasteiger partial charge in [-0.25, -0.2) is 0 Å². The number of phenolic OH excluding ortho intramolecular Hbond substituents is 3. The Kier molecular flexibility index (Phi) is 11.0. The van der Waals surface area contributed by atoms with Gasteiger partial charge >= 0.3 is 0 Å². The van der Waals surface area contributed by atoms with E-state index in [0.29, 0.717) is 5.56 Å². The third-order valence-electron chi connectivity index (χ3n) is 10.3. The van der Waals surface area contributed by atoms with Gasteiger partial charge in [0, 0.05) is 36.0 Å². The summed E-state index contributed by atoms with van der Waals surface area (Å²) < 4.78 is 17.4. The smallest absolute Gasteiger partial charge is 0.239 e. The molecule has 0 spiro atoms. The van der Waals surface area contributed by atoms with Crippen molar-refractivity contribution >= 4 is 29.2 Å². The van der Waals surface area contributed by atoms with E-state index in [1.807, 2.05) is 0 Å². The topological polar surface area (TPSA) is 284 Å². The first kappa shape index (κ1) is 39.3. The Bertz CT molecular complexity index is 2050. The number of aliphatic hydroxyl groups excluding tert-OH is 2. The number of ether oxygens (including phenoxy) is 3. The lowest BCUT2D eigenvalue weighted by Gasteiger charge is -2.43. The minimum absolute atomic E-state index is 0.0431. The second-order valence-corrected chi connectivity index (χ2v) is 13.9. The molecule has 10 N–H and O–H groups in total. The number of carbonyl (C=O) groups is 5. The minimum Gasteiger partial charge on any atom is -0.508 e. The number of ketones is 3. The van der Waals surface area contributed by atoms with Gasteiger partial charge in [0.1, 0.15) is 41.3 Å². The fraction of sp³-hybridized carbons (Fsp3) is 0.395. The summed E-state index contributed by atoms with van der Waals surface area (Å²) in [5.74, 6) is -5.48. The summed E-state index contributed by atoms with van der Waals surface area (Å²) >= 11 is 0. The zero-order valence-electron chi connectivity index (χ0n) is 29.8. The third-order valence-corrected chi connectivity index (χ3v) is 10.3. The maximum Gasteiger partial charge on any atom is 0.239 e. The molecule has 0 radical (unpaired) electrons. The van der Waals surface area contributed by atoms with E-state index in [1.165, 1.54) is 44.4 Å².